The van der Waals surface area contributed by atoms with E-state index in [2.05, 4.69) is 5.32 Å². The van der Waals surface area contributed by atoms with Crippen LogP contribution in [0.1, 0.15) is 42.6 Å². The third-order valence-corrected chi connectivity index (χ3v) is 4.44. The van der Waals surface area contributed by atoms with E-state index in [4.69, 9.17) is 23.2 Å². The summed E-state index contributed by atoms with van der Waals surface area (Å²) in [7, 11) is 0. The molecule has 1 rings (SSSR count). The van der Waals surface area contributed by atoms with Crippen LogP contribution in [0, 0.1) is 6.92 Å². The molecule has 0 saturated carbocycles. The lowest BCUT2D eigenvalue weighted by atomic mass is 9.94. The minimum atomic E-state index is -0.355. The number of alkyl halides is 1. The molecule has 0 radical (unpaired) electrons. The number of benzene rings is 1. The number of aryl methyl sites for hydroxylation is 1. The second-order valence-corrected chi connectivity index (χ2v) is 5.16. The van der Waals surface area contributed by atoms with Gasteiger partial charge in [0.1, 0.15) is 0 Å². The van der Waals surface area contributed by atoms with Gasteiger partial charge in [-0.15, -0.1) is 11.6 Å². The topological polar surface area (TPSA) is 29.1 Å². The molecule has 18 heavy (non-hydrogen) atoms. The lowest BCUT2D eigenvalue weighted by molar-refractivity contribution is 0.0902. The summed E-state index contributed by atoms with van der Waals surface area (Å²) >= 11 is 12.1. The monoisotopic (exact) mass is 287 g/mol. The molecule has 0 saturated heterocycles. The summed E-state index contributed by atoms with van der Waals surface area (Å²) in [5.74, 6) is 0.239. The molecular formula is C14H19Cl2NO. The van der Waals surface area contributed by atoms with E-state index >= 15 is 0 Å². The average Bonchev–Trinajstić information content (AvgIpc) is 2.39. The molecule has 0 spiro atoms. The molecule has 1 aromatic carbocycles. The first kappa shape index (κ1) is 15.3. The largest absolute Gasteiger partial charge is 0.345 e. The highest BCUT2D eigenvalue weighted by atomic mass is 35.5. The highest BCUT2D eigenvalue weighted by Gasteiger charge is 2.28. The van der Waals surface area contributed by atoms with E-state index < -0.39 is 0 Å². The van der Waals surface area contributed by atoms with Crippen molar-refractivity contribution in [2.75, 3.05) is 5.88 Å². The van der Waals surface area contributed by atoms with Gasteiger partial charge < -0.3 is 5.32 Å². The van der Waals surface area contributed by atoms with Crippen molar-refractivity contribution in [2.24, 2.45) is 0 Å². The summed E-state index contributed by atoms with van der Waals surface area (Å²) in [6.07, 6.45) is 1.59. The molecule has 0 aliphatic heterocycles. The molecule has 1 aromatic rings. The molecule has 0 fully saturated rings. The van der Waals surface area contributed by atoms with E-state index in [1.807, 2.05) is 32.9 Å². The Labute approximate surface area is 119 Å². The maximum absolute atomic E-state index is 12.3. The van der Waals surface area contributed by atoms with Gasteiger partial charge in [-0.3, -0.25) is 4.79 Å². The van der Waals surface area contributed by atoms with Gasteiger partial charge in [0.15, 0.2) is 0 Å². The summed E-state index contributed by atoms with van der Waals surface area (Å²) in [6.45, 7) is 5.92. The van der Waals surface area contributed by atoms with E-state index in [9.17, 15) is 4.79 Å². The molecular weight excluding hydrogens is 269 g/mol. The Morgan fingerprint density at radius 1 is 1.33 bits per heavy atom. The molecule has 0 aromatic heterocycles. The fraction of sp³-hybridized carbons (Fsp3) is 0.500. The highest BCUT2D eigenvalue weighted by Crippen LogP contribution is 2.23. The zero-order chi connectivity index (χ0) is 13.8. The van der Waals surface area contributed by atoms with Crippen LogP contribution in [0.25, 0.3) is 0 Å². The van der Waals surface area contributed by atoms with Gasteiger partial charge in [-0.2, -0.15) is 0 Å². The normalized spacial score (nSPS) is 11.4. The molecule has 0 atom stereocenters. The molecule has 0 bridgehead atoms. The smallest absolute Gasteiger partial charge is 0.253 e. The van der Waals surface area contributed by atoms with Crippen LogP contribution >= 0.6 is 23.2 Å². The highest BCUT2D eigenvalue weighted by molar-refractivity contribution is 6.34. The number of hydrogen-bond donors (Lipinski definition) is 1. The number of carbonyl (C=O) groups excluding carboxylic acids is 1. The van der Waals surface area contributed by atoms with E-state index in [1.165, 1.54) is 0 Å². The fourth-order valence-corrected chi connectivity index (χ4v) is 2.44. The maximum atomic E-state index is 12.3. The zero-order valence-electron chi connectivity index (χ0n) is 11.0. The minimum absolute atomic E-state index is 0.159. The number of hydrogen-bond acceptors (Lipinski definition) is 1. The van der Waals surface area contributed by atoms with Crippen molar-refractivity contribution in [2.45, 2.75) is 39.2 Å². The van der Waals surface area contributed by atoms with Crippen LogP contribution in [-0.2, 0) is 0 Å². The van der Waals surface area contributed by atoms with E-state index in [0.717, 1.165) is 18.4 Å². The first-order chi connectivity index (χ1) is 8.49. The van der Waals surface area contributed by atoms with Crippen LogP contribution in [0.3, 0.4) is 0 Å². The number of nitrogens with one attached hydrogen (secondary N) is 1. The zero-order valence-corrected chi connectivity index (χ0v) is 12.5. The molecule has 1 amide bonds. The molecule has 4 heteroatoms. The summed E-state index contributed by atoms with van der Waals surface area (Å²) in [5.41, 5.74) is 1.05. The molecule has 1 N–H and O–H groups in total. The Hall–Kier alpha value is -0.730. The van der Waals surface area contributed by atoms with Crippen molar-refractivity contribution in [3.8, 4) is 0 Å². The van der Waals surface area contributed by atoms with Gasteiger partial charge in [-0.25, -0.2) is 0 Å². The van der Waals surface area contributed by atoms with E-state index in [0.29, 0.717) is 16.5 Å². The first-order valence-corrected chi connectivity index (χ1v) is 7.04. The maximum Gasteiger partial charge on any atom is 0.253 e. The Morgan fingerprint density at radius 3 is 2.44 bits per heavy atom. The van der Waals surface area contributed by atoms with Gasteiger partial charge in [0.2, 0.25) is 0 Å². The van der Waals surface area contributed by atoms with Gasteiger partial charge in [0.25, 0.3) is 5.91 Å². The Kier molecular flexibility index (Phi) is 5.48. The summed E-state index contributed by atoms with van der Waals surface area (Å²) in [6, 6.07) is 5.44. The lowest BCUT2D eigenvalue weighted by Crippen LogP contribution is -2.49. The van der Waals surface area contributed by atoms with Gasteiger partial charge in [-0.05, 0) is 31.4 Å². The van der Waals surface area contributed by atoms with Crippen LogP contribution < -0.4 is 5.32 Å². The third kappa shape index (κ3) is 3.18. The predicted molar refractivity (Wildman–Crippen MR) is 77.7 cm³/mol. The van der Waals surface area contributed by atoms with Gasteiger partial charge in [-0.1, -0.05) is 37.6 Å². The number of rotatable bonds is 5. The standard InChI is InChI=1S/C14H19Cl2NO/c1-4-14(5-2,9-15)17-13(18)11-8-6-7-10(3)12(11)16/h6-8H,4-5,9H2,1-3H3,(H,17,18). The van der Waals surface area contributed by atoms with Crippen LogP contribution in [0.15, 0.2) is 18.2 Å². The average molecular weight is 288 g/mol. The molecule has 2 nitrogen and oxygen atoms in total. The van der Waals surface area contributed by atoms with Gasteiger partial charge >= 0.3 is 0 Å². The van der Waals surface area contributed by atoms with Crippen molar-refractivity contribution < 1.29 is 4.79 Å². The number of halogens is 2. The van der Waals surface area contributed by atoms with Crippen molar-refractivity contribution in [1.82, 2.24) is 5.32 Å². The molecule has 0 aliphatic rings. The van der Waals surface area contributed by atoms with Gasteiger partial charge in [0.05, 0.1) is 16.1 Å². The number of amides is 1. The van der Waals surface area contributed by atoms with Crippen molar-refractivity contribution >= 4 is 29.1 Å². The van der Waals surface area contributed by atoms with E-state index in [1.54, 1.807) is 6.07 Å². The van der Waals surface area contributed by atoms with Crippen LogP contribution in [0.5, 0.6) is 0 Å². The number of carbonyl (C=O) groups is 1. The van der Waals surface area contributed by atoms with Gasteiger partial charge in [0, 0.05) is 5.88 Å². The summed E-state index contributed by atoms with van der Waals surface area (Å²) in [5, 5.41) is 3.51. The Bertz CT molecular complexity index is 420. The molecule has 0 unspecified atom stereocenters. The molecule has 0 aliphatic carbocycles. The fourth-order valence-electron chi connectivity index (χ4n) is 1.78. The van der Waals surface area contributed by atoms with Crippen LogP contribution in [0.2, 0.25) is 5.02 Å². The Balaban J connectivity index is 2.98. The van der Waals surface area contributed by atoms with Crippen molar-refractivity contribution in [1.29, 1.82) is 0 Å². The van der Waals surface area contributed by atoms with E-state index in [-0.39, 0.29) is 11.4 Å². The predicted octanol–water partition coefficient (Wildman–Crippen LogP) is 4.18. The summed E-state index contributed by atoms with van der Waals surface area (Å²) < 4.78 is 0. The molecule has 0 heterocycles. The SMILES string of the molecule is CCC(CC)(CCl)NC(=O)c1cccc(C)c1Cl. The lowest BCUT2D eigenvalue weighted by Gasteiger charge is -2.30. The van der Waals surface area contributed by atoms with Crippen LogP contribution in [-0.4, -0.2) is 17.3 Å². The van der Waals surface area contributed by atoms with Crippen LogP contribution in [0.4, 0.5) is 0 Å². The minimum Gasteiger partial charge on any atom is -0.345 e. The quantitative estimate of drug-likeness (QED) is 0.809. The second kappa shape index (κ2) is 6.44. The Morgan fingerprint density at radius 2 is 1.94 bits per heavy atom. The second-order valence-electron chi connectivity index (χ2n) is 4.51. The molecule has 100 valence electrons. The first-order valence-electron chi connectivity index (χ1n) is 6.13. The third-order valence-electron chi connectivity index (χ3n) is 3.42. The van der Waals surface area contributed by atoms with Crippen molar-refractivity contribution in [3.05, 3.63) is 34.3 Å². The summed E-state index contributed by atoms with van der Waals surface area (Å²) in [4.78, 5) is 12.3. The van der Waals surface area contributed by atoms with Crippen molar-refractivity contribution in [3.63, 3.8) is 0 Å².